The molecule has 1 aromatic carbocycles. The third-order valence-corrected chi connectivity index (χ3v) is 5.57. The number of aliphatic carboxylic acids is 1. The highest BCUT2D eigenvalue weighted by atomic mass is 79.9. The van der Waals surface area contributed by atoms with Crippen LogP contribution in [0.25, 0.3) is 0 Å². The van der Waals surface area contributed by atoms with Crippen molar-refractivity contribution in [2.45, 2.75) is 35.8 Å². The summed E-state index contributed by atoms with van der Waals surface area (Å²) in [5, 5.41) is 9.04. The fourth-order valence-corrected chi connectivity index (χ4v) is 4.03. The molecule has 0 bridgehead atoms. The number of carboxylic acids is 1. The van der Waals surface area contributed by atoms with E-state index in [0.717, 1.165) is 22.2 Å². The molecule has 1 aliphatic rings. The van der Waals surface area contributed by atoms with Gasteiger partial charge in [-0.05, 0) is 46.8 Å². The van der Waals surface area contributed by atoms with Crippen molar-refractivity contribution in [1.29, 1.82) is 0 Å². The monoisotopic (exact) mass is 314 g/mol. The van der Waals surface area contributed by atoms with Crippen LogP contribution in [0.4, 0.5) is 0 Å². The van der Waals surface area contributed by atoms with Crippen LogP contribution >= 0.6 is 27.7 Å². The molecule has 4 heteroatoms. The molecule has 0 aromatic heterocycles. The Morgan fingerprint density at radius 2 is 2.00 bits per heavy atom. The summed E-state index contributed by atoms with van der Waals surface area (Å²) < 4.78 is 0.981. The molecule has 1 saturated carbocycles. The molecule has 2 rings (SSSR count). The summed E-state index contributed by atoms with van der Waals surface area (Å²) in [5.74, 6) is -0.359. The molecule has 0 amide bonds. The Morgan fingerprint density at radius 3 is 2.59 bits per heavy atom. The summed E-state index contributed by atoms with van der Waals surface area (Å²) in [4.78, 5) is 12.4. The maximum atomic E-state index is 11.4. The number of benzene rings is 1. The van der Waals surface area contributed by atoms with E-state index in [9.17, 15) is 9.90 Å². The molecule has 1 unspecified atom stereocenters. The molecular formula is C13H15BrO2S. The van der Waals surface area contributed by atoms with E-state index in [1.54, 1.807) is 0 Å². The highest BCUT2D eigenvalue weighted by molar-refractivity contribution is 9.10. The Morgan fingerprint density at radius 1 is 1.35 bits per heavy atom. The lowest BCUT2D eigenvalue weighted by Gasteiger charge is -2.19. The number of rotatable bonds is 4. The van der Waals surface area contributed by atoms with E-state index in [0.29, 0.717) is 5.92 Å². The van der Waals surface area contributed by atoms with Crippen LogP contribution in [0.15, 0.2) is 33.6 Å². The maximum Gasteiger partial charge on any atom is 0.317 e. The van der Waals surface area contributed by atoms with Crippen LogP contribution < -0.4 is 0 Å². The predicted octanol–water partition coefficient (Wildman–Crippen LogP) is 4.18. The summed E-state index contributed by atoms with van der Waals surface area (Å²) in [6.07, 6.45) is 4.44. The van der Waals surface area contributed by atoms with Crippen molar-refractivity contribution in [2.24, 2.45) is 5.92 Å². The molecule has 0 saturated heterocycles. The second kappa shape index (κ2) is 5.91. The van der Waals surface area contributed by atoms with Crippen molar-refractivity contribution in [2.75, 3.05) is 0 Å². The van der Waals surface area contributed by atoms with E-state index < -0.39 is 5.97 Å². The van der Waals surface area contributed by atoms with Gasteiger partial charge in [0.05, 0.1) is 0 Å². The molecule has 92 valence electrons. The SMILES string of the molecule is O=C(O)C(Sc1ccccc1Br)C1CCCC1. The van der Waals surface area contributed by atoms with Gasteiger partial charge in [-0.15, -0.1) is 11.8 Å². The topological polar surface area (TPSA) is 37.3 Å². The Bertz CT molecular complexity index is 402. The lowest BCUT2D eigenvalue weighted by atomic mass is 10.0. The fourth-order valence-electron chi connectivity index (χ4n) is 2.29. The normalized spacial score (nSPS) is 18.2. The Labute approximate surface area is 114 Å². The zero-order chi connectivity index (χ0) is 12.3. The Kier molecular flexibility index (Phi) is 4.51. The van der Waals surface area contributed by atoms with Gasteiger partial charge in [-0.1, -0.05) is 25.0 Å². The number of hydrogen-bond donors (Lipinski definition) is 1. The fraction of sp³-hybridized carbons (Fsp3) is 0.462. The molecule has 0 aliphatic heterocycles. The first kappa shape index (κ1) is 13.0. The van der Waals surface area contributed by atoms with E-state index in [1.165, 1.54) is 24.6 Å². The zero-order valence-electron chi connectivity index (χ0n) is 9.43. The van der Waals surface area contributed by atoms with Crippen LogP contribution in [-0.2, 0) is 4.79 Å². The standard InChI is InChI=1S/C13H15BrO2S/c14-10-7-3-4-8-11(10)17-12(13(15)16)9-5-1-2-6-9/h3-4,7-9,12H,1-2,5-6H2,(H,15,16). The molecule has 17 heavy (non-hydrogen) atoms. The number of hydrogen-bond acceptors (Lipinski definition) is 2. The number of carbonyl (C=O) groups is 1. The van der Waals surface area contributed by atoms with Gasteiger partial charge in [0.1, 0.15) is 5.25 Å². The van der Waals surface area contributed by atoms with Crippen LogP contribution in [0, 0.1) is 5.92 Å². The van der Waals surface area contributed by atoms with Crippen molar-refractivity contribution in [3.63, 3.8) is 0 Å². The van der Waals surface area contributed by atoms with Crippen molar-refractivity contribution >= 4 is 33.7 Å². The summed E-state index contributed by atoms with van der Waals surface area (Å²) >= 11 is 4.94. The average molecular weight is 315 g/mol. The van der Waals surface area contributed by atoms with Gasteiger partial charge in [-0.3, -0.25) is 4.79 Å². The molecular weight excluding hydrogens is 300 g/mol. The Balaban J connectivity index is 2.12. The van der Waals surface area contributed by atoms with Crippen LogP contribution in [0.3, 0.4) is 0 Å². The second-order valence-electron chi connectivity index (χ2n) is 4.35. The summed E-state index contributed by atoms with van der Waals surface area (Å²) in [6, 6.07) is 7.82. The highest BCUT2D eigenvalue weighted by Gasteiger charge is 2.31. The first-order chi connectivity index (χ1) is 8.18. The molecule has 1 atom stereocenters. The smallest absolute Gasteiger partial charge is 0.317 e. The van der Waals surface area contributed by atoms with Crippen LogP contribution in [0.2, 0.25) is 0 Å². The largest absolute Gasteiger partial charge is 0.480 e. The number of halogens is 1. The molecule has 1 N–H and O–H groups in total. The number of carboxylic acid groups (broad SMARTS) is 1. The van der Waals surface area contributed by atoms with Crippen molar-refractivity contribution in [3.8, 4) is 0 Å². The van der Waals surface area contributed by atoms with Gasteiger partial charge >= 0.3 is 5.97 Å². The lowest BCUT2D eigenvalue weighted by molar-refractivity contribution is -0.137. The zero-order valence-corrected chi connectivity index (χ0v) is 11.8. The minimum Gasteiger partial charge on any atom is -0.480 e. The molecule has 1 aromatic rings. The van der Waals surface area contributed by atoms with Crippen LogP contribution in [-0.4, -0.2) is 16.3 Å². The molecule has 1 aliphatic carbocycles. The quantitative estimate of drug-likeness (QED) is 0.847. The minimum atomic E-state index is -0.683. The average Bonchev–Trinajstić information content (AvgIpc) is 2.81. The lowest BCUT2D eigenvalue weighted by Crippen LogP contribution is -2.24. The van der Waals surface area contributed by atoms with Gasteiger partial charge in [-0.25, -0.2) is 0 Å². The third-order valence-electron chi connectivity index (χ3n) is 3.16. The first-order valence-corrected chi connectivity index (χ1v) is 7.50. The Hall–Kier alpha value is -0.480. The first-order valence-electron chi connectivity index (χ1n) is 5.82. The highest BCUT2D eigenvalue weighted by Crippen LogP contribution is 2.39. The van der Waals surface area contributed by atoms with Gasteiger partial charge in [0, 0.05) is 9.37 Å². The summed E-state index contributed by atoms with van der Waals surface area (Å²) in [5.41, 5.74) is 0. The maximum absolute atomic E-state index is 11.4. The minimum absolute atomic E-state index is 0.309. The number of thioether (sulfide) groups is 1. The molecule has 0 radical (unpaired) electrons. The van der Waals surface area contributed by atoms with Gasteiger partial charge < -0.3 is 5.11 Å². The predicted molar refractivity (Wildman–Crippen MR) is 73.4 cm³/mol. The second-order valence-corrected chi connectivity index (χ2v) is 6.39. The molecule has 0 heterocycles. The summed E-state index contributed by atoms with van der Waals surface area (Å²) in [7, 11) is 0. The van der Waals surface area contributed by atoms with E-state index in [1.807, 2.05) is 24.3 Å². The van der Waals surface area contributed by atoms with E-state index in [2.05, 4.69) is 15.9 Å². The van der Waals surface area contributed by atoms with Gasteiger partial charge in [0.25, 0.3) is 0 Å². The van der Waals surface area contributed by atoms with Gasteiger partial charge in [0.2, 0.25) is 0 Å². The van der Waals surface area contributed by atoms with Crippen molar-refractivity contribution < 1.29 is 9.90 Å². The van der Waals surface area contributed by atoms with E-state index in [4.69, 9.17) is 0 Å². The van der Waals surface area contributed by atoms with Crippen molar-refractivity contribution in [3.05, 3.63) is 28.7 Å². The molecule has 1 fully saturated rings. The van der Waals surface area contributed by atoms with E-state index in [-0.39, 0.29) is 5.25 Å². The van der Waals surface area contributed by atoms with E-state index >= 15 is 0 Å². The van der Waals surface area contributed by atoms with Crippen molar-refractivity contribution in [1.82, 2.24) is 0 Å². The third kappa shape index (κ3) is 3.26. The van der Waals surface area contributed by atoms with Crippen LogP contribution in [0.5, 0.6) is 0 Å². The summed E-state index contributed by atoms with van der Waals surface area (Å²) in [6.45, 7) is 0. The molecule has 2 nitrogen and oxygen atoms in total. The van der Waals surface area contributed by atoms with Gasteiger partial charge in [0.15, 0.2) is 0 Å². The molecule has 0 spiro atoms. The van der Waals surface area contributed by atoms with Gasteiger partial charge in [-0.2, -0.15) is 0 Å². The van der Waals surface area contributed by atoms with Crippen LogP contribution in [0.1, 0.15) is 25.7 Å².